The summed E-state index contributed by atoms with van der Waals surface area (Å²) in [6, 6.07) is 11.1. The first-order valence-electron chi connectivity index (χ1n) is 9.98. The van der Waals surface area contributed by atoms with Crippen molar-refractivity contribution in [3.63, 3.8) is 0 Å². The maximum atomic E-state index is 13.8. The van der Waals surface area contributed by atoms with Gasteiger partial charge in [-0.3, -0.25) is 4.79 Å². The molecule has 0 aliphatic carbocycles. The SMILES string of the molecule is Cc1ccc(C2CC(C(F)(F)F)n3nc(C(=O)Nc4ccc5c(c4)OCO5)cc3N2)cc1. The van der Waals surface area contributed by atoms with Crippen LogP contribution in [0.25, 0.3) is 0 Å². The van der Waals surface area contributed by atoms with E-state index in [4.69, 9.17) is 9.47 Å². The normalized spacial score (nSPS) is 19.2. The first-order valence-corrected chi connectivity index (χ1v) is 9.98. The number of ether oxygens (including phenoxy) is 2. The number of rotatable bonds is 3. The van der Waals surface area contributed by atoms with E-state index in [-0.39, 0.29) is 24.7 Å². The fourth-order valence-corrected chi connectivity index (χ4v) is 3.87. The molecule has 1 aromatic heterocycles. The van der Waals surface area contributed by atoms with E-state index < -0.39 is 24.2 Å². The third-order valence-electron chi connectivity index (χ3n) is 5.53. The van der Waals surface area contributed by atoms with Gasteiger partial charge in [0.2, 0.25) is 6.79 Å². The van der Waals surface area contributed by atoms with Crippen LogP contribution < -0.4 is 20.1 Å². The molecule has 10 heteroatoms. The van der Waals surface area contributed by atoms with Crippen LogP contribution in [0.5, 0.6) is 11.5 Å². The Kier molecular flexibility index (Phi) is 4.72. The molecule has 1 amide bonds. The predicted octanol–water partition coefficient (Wildman–Crippen LogP) is 4.83. The van der Waals surface area contributed by atoms with Crippen LogP contribution in [0.1, 0.15) is 40.1 Å². The molecular formula is C22H19F3N4O3. The van der Waals surface area contributed by atoms with E-state index in [1.807, 2.05) is 19.1 Å². The number of aryl methyl sites for hydroxylation is 1. The van der Waals surface area contributed by atoms with Gasteiger partial charge in [0, 0.05) is 24.2 Å². The Morgan fingerprint density at radius 3 is 2.62 bits per heavy atom. The topological polar surface area (TPSA) is 77.4 Å². The predicted molar refractivity (Wildman–Crippen MR) is 110 cm³/mol. The second-order valence-corrected chi connectivity index (χ2v) is 7.78. The molecule has 32 heavy (non-hydrogen) atoms. The van der Waals surface area contributed by atoms with Crippen LogP contribution in [0.4, 0.5) is 24.7 Å². The van der Waals surface area contributed by atoms with Gasteiger partial charge in [0.25, 0.3) is 5.91 Å². The van der Waals surface area contributed by atoms with Crippen molar-refractivity contribution in [3.05, 3.63) is 65.4 Å². The van der Waals surface area contributed by atoms with E-state index in [0.717, 1.165) is 15.8 Å². The Hall–Kier alpha value is -3.69. The van der Waals surface area contributed by atoms with E-state index in [2.05, 4.69) is 15.7 Å². The number of nitrogens with zero attached hydrogens (tertiary/aromatic N) is 2. The van der Waals surface area contributed by atoms with E-state index in [9.17, 15) is 18.0 Å². The first kappa shape index (κ1) is 20.2. The summed E-state index contributed by atoms with van der Waals surface area (Å²) in [6.07, 6.45) is -4.75. The van der Waals surface area contributed by atoms with E-state index >= 15 is 0 Å². The maximum absolute atomic E-state index is 13.8. The van der Waals surface area contributed by atoms with Crippen LogP contribution in [0.15, 0.2) is 48.5 Å². The summed E-state index contributed by atoms with van der Waals surface area (Å²) in [6.45, 7) is 2.00. The van der Waals surface area contributed by atoms with E-state index in [1.165, 1.54) is 6.07 Å². The molecule has 0 saturated heterocycles. The molecule has 0 saturated carbocycles. The maximum Gasteiger partial charge on any atom is 0.410 e. The number of hydrogen-bond donors (Lipinski definition) is 2. The fraction of sp³-hybridized carbons (Fsp3) is 0.273. The van der Waals surface area contributed by atoms with Crippen molar-refractivity contribution in [1.82, 2.24) is 9.78 Å². The molecule has 166 valence electrons. The minimum absolute atomic E-state index is 0.0904. The number of aromatic nitrogens is 2. The highest BCUT2D eigenvalue weighted by Gasteiger charge is 2.46. The molecule has 0 radical (unpaired) electrons. The third kappa shape index (κ3) is 3.72. The summed E-state index contributed by atoms with van der Waals surface area (Å²) < 4.78 is 52.9. The van der Waals surface area contributed by atoms with Gasteiger partial charge in [-0.15, -0.1) is 0 Å². The Morgan fingerprint density at radius 2 is 1.88 bits per heavy atom. The zero-order chi connectivity index (χ0) is 22.5. The number of halogens is 3. The number of carbonyl (C=O) groups excluding carboxylic acids is 1. The van der Waals surface area contributed by atoms with Gasteiger partial charge in [0.15, 0.2) is 23.2 Å². The number of benzene rings is 2. The average Bonchev–Trinajstić information content (AvgIpc) is 3.39. The second kappa shape index (κ2) is 7.47. The quantitative estimate of drug-likeness (QED) is 0.605. The highest BCUT2D eigenvalue weighted by atomic mass is 19.4. The molecule has 2 aliphatic heterocycles. The number of amides is 1. The molecule has 0 spiro atoms. The van der Waals surface area contributed by atoms with Crippen molar-refractivity contribution in [2.75, 3.05) is 17.4 Å². The van der Waals surface area contributed by atoms with Crippen LogP contribution in [0.3, 0.4) is 0 Å². The van der Waals surface area contributed by atoms with E-state index in [1.54, 1.807) is 30.3 Å². The molecular weight excluding hydrogens is 425 g/mol. The third-order valence-corrected chi connectivity index (χ3v) is 5.53. The van der Waals surface area contributed by atoms with Gasteiger partial charge in [-0.2, -0.15) is 18.3 Å². The monoisotopic (exact) mass is 444 g/mol. The number of nitrogens with one attached hydrogen (secondary N) is 2. The van der Waals surface area contributed by atoms with Crippen LogP contribution in [0.2, 0.25) is 0 Å². The molecule has 2 N–H and O–H groups in total. The first-order chi connectivity index (χ1) is 15.3. The van der Waals surface area contributed by atoms with Crippen molar-refractivity contribution < 1.29 is 27.4 Å². The van der Waals surface area contributed by atoms with Crippen LogP contribution in [-0.2, 0) is 0 Å². The van der Waals surface area contributed by atoms with Crippen molar-refractivity contribution in [3.8, 4) is 11.5 Å². The van der Waals surface area contributed by atoms with Crippen molar-refractivity contribution in [2.45, 2.75) is 31.6 Å². The summed E-state index contributed by atoms with van der Waals surface area (Å²) in [5.74, 6) is 0.548. The molecule has 2 aromatic carbocycles. The lowest BCUT2D eigenvalue weighted by Gasteiger charge is -2.33. The number of carbonyl (C=O) groups is 1. The summed E-state index contributed by atoms with van der Waals surface area (Å²) in [7, 11) is 0. The zero-order valence-corrected chi connectivity index (χ0v) is 16.9. The van der Waals surface area contributed by atoms with Gasteiger partial charge in [-0.1, -0.05) is 29.8 Å². The molecule has 2 unspecified atom stereocenters. The van der Waals surface area contributed by atoms with Gasteiger partial charge in [0.05, 0.1) is 6.04 Å². The summed E-state index contributed by atoms with van der Waals surface area (Å²) in [5, 5.41) is 9.71. The van der Waals surface area contributed by atoms with Crippen LogP contribution in [-0.4, -0.2) is 28.7 Å². The Bertz CT molecular complexity index is 1170. The summed E-state index contributed by atoms with van der Waals surface area (Å²) >= 11 is 0. The largest absolute Gasteiger partial charge is 0.454 e. The molecule has 3 heterocycles. The Balaban J connectivity index is 1.42. The summed E-state index contributed by atoms with van der Waals surface area (Å²) in [4.78, 5) is 12.7. The lowest BCUT2D eigenvalue weighted by molar-refractivity contribution is -0.173. The molecule has 7 nitrogen and oxygen atoms in total. The smallest absolute Gasteiger partial charge is 0.410 e. The number of anilines is 2. The minimum atomic E-state index is -4.52. The molecule has 0 bridgehead atoms. The molecule has 0 fully saturated rings. The zero-order valence-electron chi connectivity index (χ0n) is 16.9. The second-order valence-electron chi connectivity index (χ2n) is 7.78. The van der Waals surface area contributed by atoms with Gasteiger partial charge in [-0.05, 0) is 24.6 Å². The number of alkyl halides is 3. The molecule has 2 atom stereocenters. The standard InChI is InChI=1S/C22H19F3N4O3/c1-12-2-4-13(5-3-12)15-9-19(22(23,24)25)29-20(27-15)10-16(28-29)21(30)26-14-6-7-17-18(8-14)32-11-31-17/h2-8,10,15,19,27H,9,11H2,1H3,(H,26,30). The Morgan fingerprint density at radius 1 is 1.12 bits per heavy atom. The number of fused-ring (bicyclic) bond motifs is 2. The van der Waals surface area contributed by atoms with Crippen LogP contribution >= 0.6 is 0 Å². The molecule has 2 aliphatic rings. The minimum Gasteiger partial charge on any atom is -0.454 e. The highest BCUT2D eigenvalue weighted by molar-refractivity contribution is 6.03. The lowest BCUT2D eigenvalue weighted by atomic mass is 9.96. The molecule has 5 rings (SSSR count). The van der Waals surface area contributed by atoms with Crippen molar-refractivity contribution in [2.24, 2.45) is 0 Å². The van der Waals surface area contributed by atoms with Gasteiger partial charge in [-0.25, -0.2) is 4.68 Å². The van der Waals surface area contributed by atoms with Crippen molar-refractivity contribution in [1.29, 1.82) is 0 Å². The number of hydrogen-bond acceptors (Lipinski definition) is 5. The van der Waals surface area contributed by atoms with Crippen molar-refractivity contribution >= 4 is 17.4 Å². The average molecular weight is 444 g/mol. The summed E-state index contributed by atoms with van der Waals surface area (Å²) in [5.41, 5.74) is 2.06. The molecule has 3 aromatic rings. The highest BCUT2D eigenvalue weighted by Crippen LogP contribution is 2.43. The van der Waals surface area contributed by atoms with Gasteiger partial charge < -0.3 is 20.1 Å². The van der Waals surface area contributed by atoms with Crippen LogP contribution in [0, 0.1) is 6.92 Å². The lowest BCUT2D eigenvalue weighted by Crippen LogP contribution is -2.35. The van der Waals surface area contributed by atoms with Gasteiger partial charge >= 0.3 is 6.18 Å². The fourth-order valence-electron chi connectivity index (χ4n) is 3.87. The van der Waals surface area contributed by atoms with Gasteiger partial charge in [0.1, 0.15) is 5.82 Å². The van der Waals surface area contributed by atoms with E-state index in [0.29, 0.717) is 17.2 Å². The Labute approximate surface area is 181 Å².